The first kappa shape index (κ1) is 17.3. The van der Waals surface area contributed by atoms with Gasteiger partial charge in [-0.25, -0.2) is 4.79 Å². The minimum Gasteiger partial charge on any atom is -0.508 e. The van der Waals surface area contributed by atoms with E-state index in [1.54, 1.807) is 12.1 Å². The number of carboxylic acid groups (broad SMARTS) is 1. The van der Waals surface area contributed by atoms with Crippen LogP contribution in [0.1, 0.15) is 11.1 Å². The van der Waals surface area contributed by atoms with Gasteiger partial charge in [-0.15, -0.1) is 0 Å². The zero-order valence-electron chi connectivity index (χ0n) is 13.0. The van der Waals surface area contributed by atoms with Crippen molar-refractivity contribution in [1.29, 1.82) is 0 Å². The average Bonchev–Trinajstić information content (AvgIpc) is 2.57. The molecular formula is C18H19NO5. The van der Waals surface area contributed by atoms with Gasteiger partial charge in [0.05, 0.1) is 5.92 Å². The fraction of sp³-hybridized carbons (Fsp3) is 0.222. The molecule has 0 saturated carbocycles. The van der Waals surface area contributed by atoms with Crippen molar-refractivity contribution in [2.75, 3.05) is 6.54 Å². The lowest BCUT2D eigenvalue weighted by atomic mass is 9.99. The summed E-state index contributed by atoms with van der Waals surface area (Å²) < 4.78 is 5.04. The molecule has 0 bridgehead atoms. The zero-order chi connectivity index (χ0) is 17.4. The normalized spacial score (nSPS) is 11.5. The van der Waals surface area contributed by atoms with Crippen LogP contribution in [0.2, 0.25) is 0 Å². The van der Waals surface area contributed by atoms with Gasteiger partial charge in [-0.1, -0.05) is 42.5 Å². The topological polar surface area (TPSA) is 95.9 Å². The van der Waals surface area contributed by atoms with E-state index in [4.69, 9.17) is 4.74 Å². The van der Waals surface area contributed by atoms with Crippen LogP contribution in [0.4, 0.5) is 4.79 Å². The lowest BCUT2D eigenvalue weighted by Gasteiger charge is -2.14. The minimum atomic E-state index is -1.03. The smallest absolute Gasteiger partial charge is 0.407 e. The molecule has 1 amide bonds. The van der Waals surface area contributed by atoms with E-state index in [1.807, 2.05) is 30.3 Å². The Morgan fingerprint density at radius 2 is 1.75 bits per heavy atom. The van der Waals surface area contributed by atoms with E-state index in [0.717, 1.165) is 5.56 Å². The molecule has 0 aliphatic carbocycles. The third-order valence-electron chi connectivity index (χ3n) is 3.45. The first-order valence-electron chi connectivity index (χ1n) is 7.50. The average molecular weight is 329 g/mol. The van der Waals surface area contributed by atoms with Gasteiger partial charge in [-0.05, 0) is 29.7 Å². The first-order chi connectivity index (χ1) is 11.5. The van der Waals surface area contributed by atoms with Crippen LogP contribution in [0.3, 0.4) is 0 Å². The fourth-order valence-corrected chi connectivity index (χ4v) is 2.20. The molecule has 0 aliphatic heterocycles. The Bertz CT molecular complexity index is 687. The second-order valence-electron chi connectivity index (χ2n) is 5.35. The minimum absolute atomic E-state index is 0.0569. The molecule has 6 nitrogen and oxygen atoms in total. The number of alkyl carbamates (subject to hydrolysis) is 1. The van der Waals surface area contributed by atoms with Gasteiger partial charge in [-0.3, -0.25) is 4.79 Å². The van der Waals surface area contributed by atoms with Gasteiger partial charge >= 0.3 is 12.1 Å². The number of aliphatic carboxylic acids is 1. The number of carbonyl (C=O) groups excluding carboxylic acids is 1. The Morgan fingerprint density at radius 1 is 1.04 bits per heavy atom. The van der Waals surface area contributed by atoms with E-state index in [9.17, 15) is 19.8 Å². The Balaban J connectivity index is 1.82. The quantitative estimate of drug-likeness (QED) is 0.725. The van der Waals surface area contributed by atoms with Crippen molar-refractivity contribution in [2.45, 2.75) is 13.0 Å². The number of amides is 1. The number of ether oxygens (including phenoxy) is 1. The first-order valence-corrected chi connectivity index (χ1v) is 7.50. The molecule has 24 heavy (non-hydrogen) atoms. The second-order valence-corrected chi connectivity index (χ2v) is 5.35. The second kappa shape index (κ2) is 8.57. The number of phenolic OH excluding ortho intramolecular Hbond substituents is 1. The summed E-state index contributed by atoms with van der Waals surface area (Å²) in [4.78, 5) is 23.0. The third-order valence-corrected chi connectivity index (χ3v) is 3.45. The molecule has 3 N–H and O–H groups in total. The summed E-state index contributed by atoms with van der Waals surface area (Å²) in [6.07, 6.45) is -0.469. The molecule has 0 fully saturated rings. The standard InChI is InChI=1S/C18H19NO5/c20-16-8-4-7-14(10-16)9-15(17(21)22)11-19-18(23)24-12-13-5-2-1-3-6-13/h1-8,10,15,20H,9,11-12H2,(H,19,23)(H,21,22). The number of carbonyl (C=O) groups is 2. The van der Waals surface area contributed by atoms with E-state index in [0.29, 0.717) is 5.56 Å². The van der Waals surface area contributed by atoms with Crippen molar-refractivity contribution in [3.63, 3.8) is 0 Å². The summed E-state index contributed by atoms with van der Waals surface area (Å²) in [5, 5.41) is 21.2. The zero-order valence-corrected chi connectivity index (χ0v) is 13.0. The van der Waals surface area contributed by atoms with Crippen molar-refractivity contribution in [3.05, 3.63) is 65.7 Å². The van der Waals surface area contributed by atoms with E-state index >= 15 is 0 Å². The molecule has 2 rings (SSSR count). The number of carboxylic acids is 1. The van der Waals surface area contributed by atoms with Crippen molar-refractivity contribution in [1.82, 2.24) is 5.32 Å². The van der Waals surface area contributed by atoms with Crippen LogP contribution in [0.15, 0.2) is 54.6 Å². The highest BCUT2D eigenvalue weighted by atomic mass is 16.5. The molecule has 1 unspecified atom stereocenters. The van der Waals surface area contributed by atoms with E-state index < -0.39 is 18.0 Å². The Hall–Kier alpha value is -3.02. The molecule has 1 atom stereocenters. The lowest BCUT2D eigenvalue weighted by molar-refractivity contribution is -0.141. The Morgan fingerprint density at radius 3 is 2.42 bits per heavy atom. The van der Waals surface area contributed by atoms with E-state index in [1.165, 1.54) is 12.1 Å². The molecule has 126 valence electrons. The maximum absolute atomic E-state index is 11.7. The maximum atomic E-state index is 11.7. The summed E-state index contributed by atoms with van der Waals surface area (Å²) in [7, 11) is 0. The van der Waals surface area contributed by atoms with Crippen molar-refractivity contribution < 1.29 is 24.5 Å². The predicted octanol–water partition coefficient (Wildman–Crippen LogP) is 2.56. The molecule has 0 radical (unpaired) electrons. The summed E-state index contributed by atoms with van der Waals surface area (Å²) in [6, 6.07) is 15.6. The SMILES string of the molecule is O=C(NCC(Cc1cccc(O)c1)C(=O)O)OCc1ccccc1. The fourth-order valence-electron chi connectivity index (χ4n) is 2.20. The van der Waals surface area contributed by atoms with Crippen LogP contribution >= 0.6 is 0 Å². The number of aromatic hydroxyl groups is 1. The number of nitrogens with one attached hydrogen (secondary N) is 1. The van der Waals surface area contributed by atoms with Crippen LogP contribution < -0.4 is 5.32 Å². The third kappa shape index (κ3) is 5.64. The number of rotatable bonds is 7. The summed E-state index contributed by atoms with van der Waals surface area (Å²) in [5.74, 6) is -1.76. The van der Waals surface area contributed by atoms with Gasteiger partial charge < -0.3 is 20.3 Å². The molecule has 2 aromatic carbocycles. The highest BCUT2D eigenvalue weighted by Crippen LogP contribution is 2.15. The van der Waals surface area contributed by atoms with Gasteiger partial charge in [0, 0.05) is 6.54 Å². The predicted molar refractivity (Wildman–Crippen MR) is 87.6 cm³/mol. The van der Waals surface area contributed by atoms with Crippen LogP contribution in [-0.4, -0.2) is 28.8 Å². The van der Waals surface area contributed by atoms with E-state index in [2.05, 4.69) is 5.32 Å². The van der Waals surface area contributed by atoms with Crippen LogP contribution in [0.5, 0.6) is 5.75 Å². The monoisotopic (exact) mass is 329 g/mol. The summed E-state index contributed by atoms with van der Waals surface area (Å²) in [6.45, 7) is 0.0651. The molecule has 0 aliphatic rings. The van der Waals surface area contributed by atoms with E-state index in [-0.39, 0.29) is 25.3 Å². The summed E-state index contributed by atoms with van der Waals surface area (Å²) >= 11 is 0. The molecule has 0 saturated heterocycles. The number of benzene rings is 2. The van der Waals surface area contributed by atoms with Gasteiger partial charge in [0.25, 0.3) is 0 Å². The summed E-state index contributed by atoms with van der Waals surface area (Å²) in [5.41, 5.74) is 1.53. The van der Waals surface area contributed by atoms with Crippen LogP contribution in [0.25, 0.3) is 0 Å². The van der Waals surface area contributed by atoms with Crippen molar-refractivity contribution in [3.8, 4) is 5.75 Å². The molecule has 6 heteroatoms. The number of phenols is 1. The maximum Gasteiger partial charge on any atom is 0.407 e. The van der Waals surface area contributed by atoms with Crippen molar-refractivity contribution in [2.24, 2.45) is 5.92 Å². The molecule has 2 aromatic rings. The highest BCUT2D eigenvalue weighted by molar-refractivity contribution is 5.73. The van der Waals surface area contributed by atoms with Crippen LogP contribution in [0, 0.1) is 5.92 Å². The lowest BCUT2D eigenvalue weighted by Crippen LogP contribution is -2.34. The van der Waals surface area contributed by atoms with Gasteiger partial charge in [0.15, 0.2) is 0 Å². The largest absolute Gasteiger partial charge is 0.508 e. The number of hydrogen-bond acceptors (Lipinski definition) is 4. The molecule has 0 heterocycles. The highest BCUT2D eigenvalue weighted by Gasteiger charge is 2.19. The molecule has 0 spiro atoms. The number of hydrogen-bond donors (Lipinski definition) is 3. The molecule has 0 aromatic heterocycles. The van der Waals surface area contributed by atoms with Crippen LogP contribution in [-0.2, 0) is 22.6 Å². The Kier molecular flexibility index (Phi) is 6.19. The van der Waals surface area contributed by atoms with Crippen molar-refractivity contribution >= 4 is 12.1 Å². The van der Waals surface area contributed by atoms with Gasteiger partial charge in [0.2, 0.25) is 0 Å². The Labute approximate surface area is 139 Å². The van der Waals surface area contributed by atoms with Gasteiger partial charge in [0.1, 0.15) is 12.4 Å². The van der Waals surface area contributed by atoms with Gasteiger partial charge in [-0.2, -0.15) is 0 Å². The molecular weight excluding hydrogens is 310 g/mol.